The molecule has 0 bridgehead atoms. The van der Waals surface area contributed by atoms with Gasteiger partial charge in [-0.1, -0.05) is 84.4 Å². The van der Waals surface area contributed by atoms with Crippen LogP contribution in [0.15, 0.2) is 113 Å². The molecule has 0 aliphatic rings. The van der Waals surface area contributed by atoms with Crippen molar-refractivity contribution in [2.24, 2.45) is 0 Å². The number of thiophene rings is 1. The standard InChI is InChI=1S/C36H32N2O4S2/c1-4-42-36(41)31-30(25-19-17-23(2)18-20-25)22-43-35(31)38-34(40)32(26-12-6-5-7-13-26)44-28-15-10-14-27(21-28)37-33(39)29-16-9-8-11-24(29)3/h5-22,32H,4H2,1-3H3,(H,37,39)(H,38,40). The Hall–Kier alpha value is -4.66. The average molecular weight is 621 g/mol. The van der Waals surface area contributed by atoms with E-state index in [1.54, 1.807) is 13.0 Å². The van der Waals surface area contributed by atoms with Crippen molar-refractivity contribution < 1.29 is 19.1 Å². The van der Waals surface area contributed by atoms with E-state index in [4.69, 9.17) is 4.74 Å². The molecular formula is C36H32N2O4S2. The number of rotatable bonds is 10. The van der Waals surface area contributed by atoms with E-state index in [0.717, 1.165) is 27.1 Å². The Labute approximate surface area is 265 Å². The van der Waals surface area contributed by atoms with Crippen molar-refractivity contribution in [2.45, 2.75) is 30.9 Å². The minimum Gasteiger partial charge on any atom is -0.462 e. The molecule has 0 fully saturated rings. The van der Waals surface area contributed by atoms with Crippen molar-refractivity contribution in [3.05, 3.63) is 136 Å². The molecule has 0 aliphatic heterocycles. The Morgan fingerprint density at radius 1 is 0.841 bits per heavy atom. The SMILES string of the molecule is CCOC(=O)c1c(-c2ccc(C)cc2)csc1NC(=O)C(Sc1cccc(NC(=O)c2ccccc2C)c1)c1ccccc1. The first-order valence-corrected chi connectivity index (χ1v) is 15.9. The van der Waals surface area contributed by atoms with E-state index in [9.17, 15) is 14.4 Å². The largest absolute Gasteiger partial charge is 0.462 e. The van der Waals surface area contributed by atoms with E-state index in [2.05, 4.69) is 10.6 Å². The lowest BCUT2D eigenvalue weighted by Crippen LogP contribution is -2.20. The molecule has 1 heterocycles. The van der Waals surface area contributed by atoms with Gasteiger partial charge in [0, 0.05) is 27.1 Å². The molecule has 6 nitrogen and oxygen atoms in total. The summed E-state index contributed by atoms with van der Waals surface area (Å²) in [5.74, 6) is -0.963. The number of ether oxygens (including phenoxy) is 1. The molecule has 2 amide bonds. The molecule has 1 unspecified atom stereocenters. The van der Waals surface area contributed by atoms with Crippen LogP contribution in [0.2, 0.25) is 0 Å². The fourth-order valence-electron chi connectivity index (χ4n) is 4.69. The number of esters is 1. The van der Waals surface area contributed by atoms with Crippen molar-refractivity contribution in [1.29, 1.82) is 0 Å². The van der Waals surface area contributed by atoms with Crippen LogP contribution >= 0.6 is 23.1 Å². The van der Waals surface area contributed by atoms with Gasteiger partial charge in [0.2, 0.25) is 5.91 Å². The van der Waals surface area contributed by atoms with Gasteiger partial charge in [0.1, 0.15) is 15.8 Å². The molecular weight excluding hydrogens is 589 g/mol. The third-order valence-corrected chi connectivity index (χ3v) is 9.09. The second-order valence-corrected chi connectivity index (χ2v) is 12.2. The molecule has 5 rings (SSSR count). The number of anilines is 2. The molecule has 0 aliphatic carbocycles. The summed E-state index contributed by atoms with van der Waals surface area (Å²) < 4.78 is 5.40. The molecule has 5 aromatic rings. The first kappa shape index (κ1) is 30.8. The van der Waals surface area contributed by atoms with Crippen LogP contribution in [-0.2, 0) is 9.53 Å². The average Bonchev–Trinajstić information content (AvgIpc) is 3.44. The summed E-state index contributed by atoms with van der Waals surface area (Å²) in [4.78, 5) is 40.9. The number of hydrogen-bond acceptors (Lipinski definition) is 6. The van der Waals surface area contributed by atoms with E-state index in [1.165, 1.54) is 23.1 Å². The Balaban J connectivity index is 1.42. The third kappa shape index (κ3) is 7.27. The molecule has 44 heavy (non-hydrogen) atoms. The number of benzene rings is 4. The number of carbonyl (C=O) groups excluding carboxylic acids is 3. The van der Waals surface area contributed by atoms with Crippen molar-refractivity contribution >= 4 is 51.6 Å². The normalized spacial score (nSPS) is 11.4. The molecule has 0 radical (unpaired) electrons. The van der Waals surface area contributed by atoms with Gasteiger partial charge in [-0.25, -0.2) is 4.79 Å². The number of amides is 2. The Kier molecular flexibility index (Phi) is 9.94. The summed E-state index contributed by atoms with van der Waals surface area (Å²) in [6.45, 7) is 5.88. The fraction of sp³-hybridized carbons (Fsp3) is 0.139. The van der Waals surface area contributed by atoms with Crippen molar-refractivity contribution in [3.8, 4) is 11.1 Å². The van der Waals surface area contributed by atoms with Gasteiger partial charge in [0.15, 0.2) is 0 Å². The number of thioether (sulfide) groups is 1. The molecule has 2 N–H and O–H groups in total. The maximum atomic E-state index is 14.0. The van der Waals surface area contributed by atoms with Crippen LogP contribution in [0.1, 0.15) is 49.6 Å². The highest BCUT2D eigenvalue weighted by Gasteiger charge is 2.27. The summed E-state index contributed by atoms with van der Waals surface area (Å²) in [6.07, 6.45) is 0. The number of nitrogens with one attached hydrogen (secondary N) is 2. The van der Waals surface area contributed by atoms with E-state index < -0.39 is 11.2 Å². The van der Waals surface area contributed by atoms with Gasteiger partial charge < -0.3 is 15.4 Å². The Bertz CT molecular complexity index is 1780. The number of aryl methyl sites for hydroxylation is 2. The van der Waals surface area contributed by atoms with Crippen LogP contribution in [0, 0.1) is 13.8 Å². The van der Waals surface area contributed by atoms with Gasteiger partial charge in [0.25, 0.3) is 5.91 Å². The molecule has 4 aromatic carbocycles. The van der Waals surface area contributed by atoms with E-state index >= 15 is 0 Å². The lowest BCUT2D eigenvalue weighted by Gasteiger charge is -2.18. The highest BCUT2D eigenvalue weighted by molar-refractivity contribution is 8.00. The summed E-state index contributed by atoms with van der Waals surface area (Å²) >= 11 is 2.66. The van der Waals surface area contributed by atoms with Crippen LogP contribution in [-0.4, -0.2) is 24.4 Å². The van der Waals surface area contributed by atoms with Gasteiger partial charge in [-0.2, -0.15) is 0 Å². The molecule has 0 spiro atoms. The van der Waals surface area contributed by atoms with E-state index in [1.807, 2.05) is 116 Å². The van der Waals surface area contributed by atoms with Gasteiger partial charge >= 0.3 is 5.97 Å². The van der Waals surface area contributed by atoms with Crippen molar-refractivity contribution in [3.63, 3.8) is 0 Å². The molecule has 1 atom stereocenters. The fourth-order valence-corrected chi connectivity index (χ4v) is 6.73. The minimum absolute atomic E-state index is 0.198. The molecule has 0 saturated carbocycles. The predicted molar refractivity (Wildman–Crippen MR) is 180 cm³/mol. The first-order valence-electron chi connectivity index (χ1n) is 14.2. The third-order valence-electron chi connectivity index (χ3n) is 6.95. The molecule has 222 valence electrons. The quantitative estimate of drug-likeness (QED) is 0.120. The minimum atomic E-state index is -0.640. The smallest absolute Gasteiger partial charge is 0.341 e. The zero-order valence-corrected chi connectivity index (χ0v) is 26.3. The van der Waals surface area contributed by atoms with E-state index in [-0.39, 0.29) is 18.4 Å². The van der Waals surface area contributed by atoms with Crippen molar-refractivity contribution in [1.82, 2.24) is 0 Å². The van der Waals surface area contributed by atoms with E-state index in [0.29, 0.717) is 27.4 Å². The van der Waals surface area contributed by atoms with Gasteiger partial charge in [-0.05, 0) is 61.7 Å². The molecule has 0 saturated heterocycles. The van der Waals surface area contributed by atoms with Crippen LogP contribution in [0.25, 0.3) is 11.1 Å². The highest BCUT2D eigenvalue weighted by Crippen LogP contribution is 2.40. The summed E-state index contributed by atoms with van der Waals surface area (Å²) in [6, 6.07) is 32.2. The van der Waals surface area contributed by atoms with Gasteiger partial charge in [0.05, 0.1) is 6.61 Å². The first-order chi connectivity index (χ1) is 21.3. The maximum Gasteiger partial charge on any atom is 0.341 e. The topological polar surface area (TPSA) is 84.5 Å². The molecule has 1 aromatic heterocycles. The zero-order valence-electron chi connectivity index (χ0n) is 24.6. The predicted octanol–water partition coefficient (Wildman–Crippen LogP) is 8.93. The Morgan fingerprint density at radius 3 is 2.30 bits per heavy atom. The summed E-state index contributed by atoms with van der Waals surface area (Å²) in [5, 5.41) is 7.67. The number of hydrogen-bond donors (Lipinski definition) is 2. The zero-order chi connectivity index (χ0) is 31.1. The van der Waals surface area contributed by atoms with Crippen LogP contribution in [0.5, 0.6) is 0 Å². The highest BCUT2D eigenvalue weighted by atomic mass is 32.2. The second-order valence-electron chi connectivity index (χ2n) is 10.1. The maximum absolute atomic E-state index is 14.0. The summed E-state index contributed by atoms with van der Waals surface area (Å²) in [5.41, 5.74) is 5.95. The second kappa shape index (κ2) is 14.2. The lowest BCUT2D eigenvalue weighted by molar-refractivity contribution is -0.115. The van der Waals surface area contributed by atoms with Crippen molar-refractivity contribution in [2.75, 3.05) is 17.2 Å². The van der Waals surface area contributed by atoms with Crippen LogP contribution < -0.4 is 10.6 Å². The Morgan fingerprint density at radius 2 is 1.57 bits per heavy atom. The molecule has 8 heteroatoms. The van der Waals surface area contributed by atoms with Crippen LogP contribution in [0.4, 0.5) is 10.7 Å². The summed E-state index contributed by atoms with van der Waals surface area (Å²) in [7, 11) is 0. The number of carbonyl (C=O) groups is 3. The van der Waals surface area contributed by atoms with Gasteiger partial charge in [-0.3, -0.25) is 9.59 Å². The lowest BCUT2D eigenvalue weighted by atomic mass is 10.0. The van der Waals surface area contributed by atoms with Gasteiger partial charge in [-0.15, -0.1) is 23.1 Å². The monoisotopic (exact) mass is 620 g/mol. The van der Waals surface area contributed by atoms with Crippen LogP contribution in [0.3, 0.4) is 0 Å².